The molecule has 0 aliphatic heterocycles. The molecule has 1 aliphatic rings. The highest BCUT2D eigenvalue weighted by atomic mass is 16.5. The molecule has 3 rings (SSSR count). The van der Waals surface area contributed by atoms with Crippen molar-refractivity contribution in [2.45, 2.75) is 44.9 Å². The quantitative estimate of drug-likeness (QED) is 0.653. The van der Waals surface area contributed by atoms with Crippen molar-refractivity contribution < 1.29 is 18.7 Å². The molecule has 1 amide bonds. The number of aromatic nitrogens is 1. The maximum Gasteiger partial charge on any atom is 0.220 e. The zero-order valence-corrected chi connectivity index (χ0v) is 16.6. The van der Waals surface area contributed by atoms with E-state index in [9.17, 15) is 4.79 Å². The molecular weight excluding hydrogens is 356 g/mol. The third-order valence-corrected chi connectivity index (χ3v) is 4.95. The van der Waals surface area contributed by atoms with Gasteiger partial charge in [-0.1, -0.05) is 11.6 Å². The van der Waals surface area contributed by atoms with Gasteiger partial charge >= 0.3 is 0 Å². The highest BCUT2D eigenvalue weighted by Gasteiger charge is 2.14. The Morgan fingerprint density at radius 3 is 2.86 bits per heavy atom. The number of nitrogens with one attached hydrogen (secondary N) is 1. The Hall–Kier alpha value is -2.76. The summed E-state index contributed by atoms with van der Waals surface area (Å²) >= 11 is 0. The number of benzene rings is 1. The second-order valence-electron chi connectivity index (χ2n) is 6.89. The van der Waals surface area contributed by atoms with Gasteiger partial charge < -0.3 is 19.2 Å². The zero-order valence-electron chi connectivity index (χ0n) is 16.6. The molecule has 1 heterocycles. The van der Waals surface area contributed by atoms with Crippen molar-refractivity contribution in [3.8, 4) is 22.8 Å². The minimum atomic E-state index is 0.0261. The third-order valence-electron chi connectivity index (χ3n) is 4.95. The van der Waals surface area contributed by atoms with Crippen molar-refractivity contribution in [2.75, 3.05) is 20.8 Å². The van der Waals surface area contributed by atoms with Gasteiger partial charge in [-0.25, -0.2) is 4.98 Å². The lowest BCUT2D eigenvalue weighted by atomic mass is 9.97. The van der Waals surface area contributed by atoms with Crippen LogP contribution in [-0.2, 0) is 11.2 Å². The van der Waals surface area contributed by atoms with E-state index in [2.05, 4.69) is 16.4 Å². The molecule has 150 valence electrons. The molecule has 2 aromatic rings. The van der Waals surface area contributed by atoms with Crippen LogP contribution in [0.2, 0.25) is 0 Å². The highest BCUT2D eigenvalue weighted by Crippen LogP contribution is 2.33. The first-order valence-electron chi connectivity index (χ1n) is 9.81. The largest absolute Gasteiger partial charge is 0.497 e. The number of methoxy groups -OCH3 is 2. The summed E-state index contributed by atoms with van der Waals surface area (Å²) in [5, 5.41) is 2.99. The van der Waals surface area contributed by atoms with E-state index in [4.69, 9.17) is 13.9 Å². The normalized spacial score (nSPS) is 13.7. The first kappa shape index (κ1) is 20.0. The van der Waals surface area contributed by atoms with Gasteiger partial charge in [-0.05, 0) is 44.2 Å². The molecule has 0 atom stereocenters. The summed E-state index contributed by atoms with van der Waals surface area (Å²) < 4.78 is 16.4. The highest BCUT2D eigenvalue weighted by molar-refractivity contribution is 5.76. The fourth-order valence-electron chi connectivity index (χ4n) is 3.36. The molecule has 28 heavy (non-hydrogen) atoms. The van der Waals surface area contributed by atoms with Gasteiger partial charge in [0.2, 0.25) is 5.91 Å². The van der Waals surface area contributed by atoms with Gasteiger partial charge in [-0.3, -0.25) is 4.79 Å². The number of nitrogens with zero attached hydrogens (tertiary/aromatic N) is 1. The number of hydrogen-bond donors (Lipinski definition) is 1. The van der Waals surface area contributed by atoms with Gasteiger partial charge in [-0.15, -0.1) is 0 Å². The van der Waals surface area contributed by atoms with Gasteiger partial charge in [0.05, 0.1) is 26.0 Å². The van der Waals surface area contributed by atoms with E-state index in [-0.39, 0.29) is 5.91 Å². The molecule has 1 aromatic heterocycles. The Morgan fingerprint density at radius 1 is 1.21 bits per heavy atom. The number of carbonyl (C=O) groups is 1. The van der Waals surface area contributed by atoms with Gasteiger partial charge in [-0.2, -0.15) is 0 Å². The standard InChI is InChI=1S/C22H28N2O4/c1-26-17-8-9-18(19(14-17)27-2)20-15-24-22(28-20)11-10-21(25)23-13-12-16-6-4-3-5-7-16/h6,8-9,14-15H,3-5,7,10-13H2,1-2H3,(H,23,25). The van der Waals surface area contributed by atoms with Crippen molar-refractivity contribution in [3.63, 3.8) is 0 Å². The van der Waals surface area contributed by atoms with E-state index in [0.717, 1.165) is 12.0 Å². The van der Waals surface area contributed by atoms with Gasteiger partial charge in [0.1, 0.15) is 11.5 Å². The van der Waals surface area contributed by atoms with Crippen LogP contribution in [0.3, 0.4) is 0 Å². The maximum atomic E-state index is 12.1. The summed E-state index contributed by atoms with van der Waals surface area (Å²) in [5.41, 5.74) is 2.27. The molecule has 0 bridgehead atoms. The third kappa shape index (κ3) is 5.38. The van der Waals surface area contributed by atoms with Crippen molar-refractivity contribution >= 4 is 5.91 Å². The molecular formula is C22H28N2O4. The molecule has 1 aromatic carbocycles. The lowest BCUT2D eigenvalue weighted by molar-refractivity contribution is -0.121. The van der Waals surface area contributed by atoms with Crippen LogP contribution in [0.5, 0.6) is 11.5 Å². The second-order valence-corrected chi connectivity index (χ2v) is 6.89. The Balaban J connectivity index is 1.49. The van der Waals surface area contributed by atoms with E-state index in [0.29, 0.717) is 42.5 Å². The van der Waals surface area contributed by atoms with Gasteiger partial charge in [0.25, 0.3) is 0 Å². The summed E-state index contributed by atoms with van der Waals surface area (Å²) in [5.74, 6) is 2.54. The van der Waals surface area contributed by atoms with Crippen molar-refractivity contribution in [1.29, 1.82) is 0 Å². The van der Waals surface area contributed by atoms with Gasteiger partial charge in [0.15, 0.2) is 11.7 Å². The van der Waals surface area contributed by atoms with E-state index in [1.165, 1.54) is 31.3 Å². The Labute approximate surface area is 165 Å². The predicted molar refractivity (Wildman–Crippen MR) is 108 cm³/mol. The molecule has 0 saturated heterocycles. The van der Waals surface area contributed by atoms with Crippen LogP contribution in [0.1, 0.15) is 44.4 Å². The van der Waals surface area contributed by atoms with E-state index < -0.39 is 0 Å². The van der Waals surface area contributed by atoms with Crippen molar-refractivity contribution in [2.24, 2.45) is 0 Å². The number of hydrogen-bond acceptors (Lipinski definition) is 5. The summed E-state index contributed by atoms with van der Waals surface area (Å²) in [6.07, 6.45) is 10.7. The first-order valence-corrected chi connectivity index (χ1v) is 9.81. The van der Waals surface area contributed by atoms with Crippen LogP contribution in [0.25, 0.3) is 11.3 Å². The number of amides is 1. The number of aryl methyl sites for hydroxylation is 1. The van der Waals surface area contributed by atoms with E-state index in [1.54, 1.807) is 26.5 Å². The first-order chi connectivity index (χ1) is 13.7. The number of allylic oxidation sites excluding steroid dienone is 1. The average molecular weight is 384 g/mol. The number of oxazole rings is 1. The topological polar surface area (TPSA) is 73.6 Å². The van der Waals surface area contributed by atoms with Crippen LogP contribution in [0.15, 0.2) is 40.5 Å². The van der Waals surface area contributed by atoms with Crippen molar-refractivity contribution in [3.05, 3.63) is 41.9 Å². The molecule has 0 saturated carbocycles. The number of rotatable bonds is 9. The fourth-order valence-corrected chi connectivity index (χ4v) is 3.36. The lowest BCUT2D eigenvalue weighted by Crippen LogP contribution is -2.25. The smallest absolute Gasteiger partial charge is 0.220 e. The zero-order chi connectivity index (χ0) is 19.8. The minimum Gasteiger partial charge on any atom is -0.497 e. The Morgan fingerprint density at radius 2 is 2.11 bits per heavy atom. The predicted octanol–water partition coefficient (Wildman–Crippen LogP) is 4.30. The molecule has 0 spiro atoms. The monoisotopic (exact) mass is 384 g/mol. The number of ether oxygens (including phenoxy) is 2. The maximum absolute atomic E-state index is 12.1. The average Bonchev–Trinajstić information content (AvgIpc) is 3.21. The van der Waals surface area contributed by atoms with Crippen molar-refractivity contribution in [1.82, 2.24) is 10.3 Å². The minimum absolute atomic E-state index is 0.0261. The number of carbonyl (C=O) groups excluding carboxylic acids is 1. The van der Waals surface area contributed by atoms with Crippen LogP contribution in [-0.4, -0.2) is 31.7 Å². The molecule has 0 radical (unpaired) electrons. The Bertz CT molecular complexity index is 826. The van der Waals surface area contributed by atoms with Crippen LogP contribution < -0.4 is 14.8 Å². The summed E-state index contributed by atoms with van der Waals surface area (Å²) in [4.78, 5) is 16.4. The second kappa shape index (κ2) is 9.97. The Kier molecular flexibility index (Phi) is 7.12. The summed E-state index contributed by atoms with van der Waals surface area (Å²) in [6.45, 7) is 0.699. The fraction of sp³-hybridized carbons (Fsp3) is 0.455. The SMILES string of the molecule is COc1ccc(-c2cnc(CCC(=O)NCCC3=CCCCC3)o2)c(OC)c1. The molecule has 6 nitrogen and oxygen atoms in total. The van der Waals surface area contributed by atoms with Crippen LogP contribution in [0, 0.1) is 0 Å². The summed E-state index contributed by atoms with van der Waals surface area (Å²) in [7, 11) is 3.21. The van der Waals surface area contributed by atoms with Gasteiger partial charge in [0, 0.05) is 25.5 Å². The molecule has 0 unspecified atom stereocenters. The molecule has 1 aliphatic carbocycles. The van der Waals surface area contributed by atoms with E-state index in [1.807, 2.05) is 12.1 Å². The van der Waals surface area contributed by atoms with E-state index >= 15 is 0 Å². The van der Waals surface area contributed by atoms with Crippen LogP contribution >= 0.6 is 0 Å². The molecule has 6 heteroatoms. The molecule has 1 N–H and O–H groups in total. The summed E-state index contributed by atoms with van der Waals surface area (Å²) in [6, 6.07) is 5.51. The van der Waals surface area contributed by atoms with Crippen LogP contribution in [0.4, 0.5) is 0 Å². The lowest BCUT2D eigenvalue weighted by Gasteiger charge is -2.12. The molecule has 0 fully saturated rings.